The van der Waals surface area contributed by atoms with Gasteiger partial charge < -0.3 is 0 Å². The molecular formula is C17H23Br. The van der Waals surface area contributed by atoms with Crippen LogP contribution in [0.5, 0.6) is 0 Å². The number of alkyl halides is 1. The minimum absolute atomic E-state index is 0.445. The van der Waals surface area contributed by atoms with E-state index >= 15 is 0 Å². The first-order valence-electron chi connectivity index (χ1n) is 7.11. The van der Waals surface area contributed by atoms with Crippen LogP contribution >= 0.6 is 15.9 Å². The van der Waals surface area contributed by atoms with Crippen LogP contribution in [0.3, 0.4) is 0 Å². The maximum absolute atomic E-state index is 3.97. The van der Waals surface area contributed by atoms with Gasteiger partial charge in [0.2, 0.25) is 0 Å². The van der Waals surface area contributed by atoms with Crippen LogP contribution in [0.25, 0.3) is 0 Å². The lowest BCUT2D eigenvalue weighted by Crippen LogP contribution is -2.00. The van der Waals surface area contributed by atoms with Crippen molar-refractivity contribution in [3.63, 3.8) is 0 Å². The molecule has 3 rings (SSSR count). The summed E-state index contributed by atoms with van der Waals surface area (Å²) in [5, 5.41) is 0. The number of rotatable bonds is 2. The van der Waals surface area contributed by atoms with Gasteiger partial charge in [-0.25, -0.2) is 0 Å². The van der Waals surface area contributed by atoms with Crippen molar-refractivity contribution in [1.82, 2.24) is 0 Å². The van der Waals surface area contributed by atoms with E-state index in [2.05, 4.69) is 61.8 Å². The zero-order valence-corrected chi connectivity index (χ0v) is 13.5. The van der Waals surface area contributed by atoms with E-state index in [1.165, 1.54) is 24.8 Å². The fourth-order valence-electron chi connectivity index (χ4n) is 3.93. The maximum Gasteiger partial charge on any atom is 0.0434 e. The van der Waals surface area contributed by atoms with Crippen LogP contribution in [-0.4, -0.2) is 0 Å². The number of benzene rings is 1. The Kier molecular flexibility index (Phi) is 2.72. The van der Waals surface area contributed by atoms with Crippen molar-refractivity contribution in [2.24, 2.45) is 16.7 Å². The molecule has 1 atom stereocenters. The fourth-order valence-corrected chi connectivity index (χ4v) is 5.54. The lowest BCUT2D eigenvalue weighted by Gasteiger charge is -2.14. The van der Waals surface area contributed by atoms with Gasteiger partial charge in [-0.05, 0) is 52.7 Å². The summed E-state index contributed by atoms with van der Waals surface area (Å²) in [6.07, 6.45) is 3.90. The molecule has 1 aromatic carbocycles. The highest BCUT2D eigenvalue weighted by atomic mass is 79.9. The molecule has 18 heavy (non-hydrogen) atoms. The van der Waals surface area contributed by atoms with Crippen LogP contribution in [0.1, 0.15) is 55.6 Å². The molecule has 0 aromatic heterocycles. The molecule has 1 aromatic rings. The summed E-state index contributed by atoms with van der Waals surface area (Å²) in [6.45, 7) is 9.61. The van der Waals surface area contributed by atoms with Gasteiger partial charge >= 0.3 is 0 Å². The van der Waals surface area contributed by atoms with Crippen molar-refractivity contribution in [3.05, 3.63) is 34.9 Å². The molecule has 0 saturated heterocycles. The standard InChI is InChI=1S/C17H23Br/c1-16(2)15(17(16,3)4)14(18)13-9-8-11-6-5-7-12(11)10-13/h8-10,14-15H,5-7H2,1-4H3. The predicted octanol–water partition coefficient (Wildman–Crippen LogP) is 5.29. The van der Waals surface area contributed by atoms with Crippen LogP contribution in [-0.2, 0) is 12.8 Å². The minimum Gasteiger partial charge on any atom is -0.0835 e. The highest BCUT2D eigenvalue weighted by Crippen LogP contribution is 2.73. The van der Waals surface area contributed by atoms with Gasteiger partial charge in [0.15, 0.2) is 0 Å². The van der Waals surface area contributed by atoms with Crippen molar-refractivity contribution in [2.45, 2.75) is 51.8 Å². The number of fused-ring (bicyclic) bond motifs is 1. The Labute approximate surface area is 119 Å². The Balaban J connectivity index is 1.88. The molecule has 98 valence electrons. The van der Waals surface area contributed by atoms with Gasteiger partial charge in [-0.1, -0.05) is 61.8 Å². The molecule has 2 aliphatic carbocycles. The SMILES string of the molecule is CC1(C)C(C(Br)c2ccc3c(c2)CCC3)C1(C)C. The van der Waals surface area contributed by atoms with Gasteiger partial charge in [0.25, 0.3) is 0 Å². The molecule has 0 amide bonds. The molecule has 1 fully saturated rings. The van der Waals surface area contributed by atoms with E-state index in [0.717, 1.165) is 5.92 Å². The third-order valence-corrected chi connectivity index (χ3v) is 6.92. The second kappa shape index (κ2) is 3.85. The van der Waals surface area contributed by atoms with Crippen molar-refractivity contribution in [1.29, 1.82) is 0 Å². The summed E-state index contributed by atoms with van der Waals surface area (Å²) in [5.41, 5.74) is 5.54. The zero-order chi connectivity index (χ0) is 13.1. The Bertz CT molecular complexity index is 470. The molecule has 0 nitrogen and oxygen atoms in total. The number of halogens is 1. The van der Waals surface area contributed by atoms with E-state index in [1.54, 1.807) is 11.1 Å². The summed E-state index contributed by atoms with van der Waals surface area (Å²) < 4.78 is 0. The summed E-state index contributed by atoms with van der Waals surface area (Å²) in [6, 6.07) is 7.15. The highest BCUT2D eigenvalue weighted by Gasteiger charge is 2.66. The molecule has 0 bridgehead atoms. The van der Waals surface area contributed by atoms with Crippen LogP contribution < -0.4 is 0 Å². The zero-order valence-electron chi connectivity index (χ0n) is 11.9. The molecule has 1 saturated carbocycles. The average Bonchev–Trinajstić information content (AvgIpc) is 2.69. The second-order valence-corrected chi connectivity index (χ2v) is 8.19. The fraction of sp³-hybridized carbons (Fsp3) is 0.647. The number of hydrogen-bond acceptors (Lipinski definition) is 0. The van der Waals surface area contributed by atoms with Crippen molar-refractivity contribution in [2.75, 3.05) is 0 Å². The molecule has 0 N–H and O–H groups in total. The number of aryl methyl sites for hydroxylation is 2. The van der Waals surface area contributed by atoms with E-state index in [-0.39, 0.29) is 0 Å². The molecule has 2 aliphatic rings. The van der Waals surface area contributed by atoms with E-state index in [1.807, 2.05) is 0 Å². The topological polar surface area (TPSA) is 0 Å². The smallest absolute Gasteiger partial charge is 0.0434 e. The summed E-state index contributed by atoms with van der Waals surface area (Å²) in [4.78, 5) is 0.508. The Morgan fingerprint density at radius 1 is 1.06 bits per heavy atom. The maximum atomic E-state index is 3.97. The van der Waals surface area contributed by atoms with Crippen molar-refractivity contribution < 1.29 is 0 Å². The molecule has 1 unspecified atom stereocenters. The van der Waals surface area contributed by atoms with Crippen molar-refractivity contribution >= 4 is 15.9 Å². The summed E-state index contributed by atoms with van der Waals surface area (Å²) >= 11 is 3.97. The Hall–Kier alpha value is -0.300. The normalized spacial score (nSPS) is 25.8. The van der Waals surface area contributed by atoms with Gasteiger partial charge in [0, 0.05) is 4.83 Å². The minimum atomic E-state index is 0.445. The first-order valence-corrected chi connectivity index (χ1v) is 8.03. The third-order valence-electron chi connectivity index (χ3n) is 5.87. The van der Waals surface area contributed by atoms with Gasteiger partial charge in [0.05, 0.1) is 0 Å². The largest absolute Gasteiger partial charge is 0.0835 e. The monoisotopic (exact) mass is 306 g/mol. The lowest BCUT2D eigenvalue weighted by molar-refractivity contribution is 0.457. The highest BCUT2D eigenvalue weighted by molar-refractivity contribution is 9.09. The van der Waals surface area contributed by atoms with Crippen molar-refractivity contribution in [3.8, 4) is 0 Å². The first-order chi connectivity index (χ1) is 8.35. The molecule has 0 radical (unpaired) electrons. The first kappa shape index (κ1) is 12.7. The van der Waals surface area contributed by atoms with Gasteiger partial charge in [-0.3, -0.25) is 0 Å². The van der Waals surface area contributed by atoms with Crippen LogP contribution in [0.15, 0.2) is 18.2 Å². The van der Waals surface area contributed by atoms with Gasteiger partial charge in [-0.2, -0.15) is 0 Å². The van der Waals surface area contributed by atoms with Crippen LogP contribution in [0.2, 0.25) is 0 Å². The average molecular weight is 307 g/mol. The third kappa shape index (κ3) is 1.62. The molecular weight excluding hydrogens is 284 g/mol. The Morgan fingerprint density at radius 2 is 1.67 bits per heavy atom. The Morgan fingerprint density at radius 3 is 2.28 bits per heavy atom. The molecule has 0 aliphatic heterocycles. The number of hydrogen-bond donors (Lipinski definition) is 0. The molecule has 0 heterocycles. The molecule has 1 heteroatoms. The van der Waals surface area contributed by atoms with Crippen LogP contribution in [0, 0.1) is 16.7 Å². The second-order valence-electron chi connectivity index (χ2n) is 7.20. The van der Waals surface area contributed by atoms with E-state index in [9.17, 15) is 0 Å². The van der Waals surface area contributed by atoms with E-state index in [0.29, 0.717) is 15.7 Å². The van der Waals surface area contributed by atoms with E-state index in [4.69, 9.17) is 0 Å². The predicted molar refractivity (Wildman–Crippen MR) is 81.2 cm³/mol. The van der Waals surface area contributed by atoms with E-state index < -0.39 is 0 Å². The summed E-state index contributed by atoms with van der Waals surface area (Å²) in [7, 11) is 0. The van der Waals surface area contributed by atoms with Gasteiger partial charge in [0.1, 0.15) is 0 Å². The lowest BCUT2D eigenvalue weighted by atomic mass is 9.99. The quantitative estimate of drug-likeness (QED) is 0.651. The van der Waals surface area contributed by atoms with Crippen LogP contribution in [0.4, 0.5) is 0 Å². The summed E-state index contributed by atoms with van der Waals surface area (Å²) in [5.74, 6) is 0.740. The molecule has 0 spiro atoms. The van der Waals surface area contributed by atoms with Gasteiger partial charge in [-0.15, -0.1) is 0 Å².